The zero-order valence-electron chi connectivity index (χ0n) is 10.9. The Morgan fingerprint density at radius 3 is 2.78 bits per heavy atom. The summed E-state index contributed by atoms with van der Waals surface area (Å²) in [5.74, 6) is 2.50. The number of alkyl halides is 1. The number of aromatic nitrogens is 4. The number of hydrogen-bond donors (Lipinski definition) is 0. The summed E-state index contributed by atoms with van der Waals surface area (Å²) in [7, 11) is 1.59. The molecule has 2 heterocycles. The first-order valence-corrected chi connectivity index (χ1v) is 6.50. The third-order valence-electron chi connectivity index (χ3n) is 2.64. The number of hydrogen-bond acceptors (Lipinski definition) is 4. The number of nitrogens with zero attached hydrogens (tertiary/aromatic N) is 4. The predicted octanol–water partition coefficient (Wildman–Crippen LogP) is 2.27. The summed E-state index contributed by atoms with van der Waals surface area (Å²) >= 11 is 5.83. The fourth-order valence-corrected chi connectivity index (χ4v) is 2.11. The van der Waals surface area contributed by atoms with Crippen molar-refractivity contribution in [1.82, 2.24) is 19.5 Å². The molecule has 2 aromatic heterocycles. The lowest BCUT2D eigenvalue weighted by atomic mass is 10.2. The molecular weight excluding hydrogens is 252 g/mol. The average molecular weight is 269 g/mol. The van der Waals surface area contributed by atoms with E-state index in [4.69, 9.17) is 16.3 Å². The van der Waals surface area contributed by atoms with Gasteiger partial charge in [-0.1, -0.05) is 13.8 Å². The zero-order valence-corrected chi connectivity index (χ0v) is 11.6. The van der Waals surface area contributed by atoms with Crippen LogP contribution in [0.4, 0.5) is 0 Å². The van der Waals surface area contributed by atoms with Crippen LogP contribution in [-0.2, 0) is 13.0 Å². The van der Waals surface area contributed by atoms with Gasteiger partial charge in [-0.15, -0.1) is 11.6 Å². The lowest BCUT2D eigenvalue weighted by molar-refractivity contribution is 0.401. The average Bonchev–Trinajstić information content (AvgIpc) is 2.67. The van der Waals surface area contributed by atoms with Gasteiger partial charge >= 0.3 is 0 Å². The lowest BCUT2D eigenvalue weighted by Crippen LogP contribution is -2.09. The molecule has 18 heavy (non-hydrogen) atoms. The highest BCUT2D eigenvalue weighted by atomic mass is 35.5. The van der Waals surface area contributed by atoms with Crippen molar-refractivity contribution in [3.05, 3.63) is 12.2 Å². The van der Waals surface area contributed by atoms with E-state index in [1.807, 2.05) is 0 Å². The minimum absolute atomic E-state index is 0.512. The van der Waals surface area contributed by atoms with Crippen LogP contribution in [0, 0.1) is 5.92 Å². The van der Waals surface area contributed by atoms with Crippen molar-refractivity contribution >= 4 is 22.8 Å². The number of rotatable bonds is 5. The normalized spacial score (nSPS) is 11.4. The van der Waals surface area contributed by atoms with Crippen LogP contribution in [0.3, 0.4) is 0 Å². The quantitative estimate of drug-likeness (QED) is 0.781. The number of methoxy groups -OCH3 is 1. The highest BCUT2D eigenvalue weighted by Crippen LogP contribution is 2.22. The fourth-order valence-electron chi connectivity index (χ4n) is 1.94. The van der Waals surface area contributed by atoms with E-state index in [1.165, 1.54) is 6.33 Å². The topological polar surface area (TPSA) is 52.8 Å². The number of imidazole rings is 1. The molecule has 0 amide bonds. The first-order chi connectivity index (χ1) is 8.67. The van der Waals surface area contributed by atoms with Crippen LogP contribution >= 0.6 is 11.6 Å². The van der Waals surface area contributed by atoms with Crippen LogP contribution in [0.1, 0.15) is 19.7 Å². The monoisotopic (exact) mass is 268 g/mol. The maximum absolute atomic E-state index is 5.83. The van der Waals surface area contributed by atoms with Gasteiger partial charge in [-0.2, -0.15) is 4.98 Å². The Morgan fingerprint density at radius 2 is 2.17 bits per heavy atom. The summed E-state index contributed by atoms with van der Waals surface area (Å²) in [4.78, 5) is 12.9. The molecule has 0 aromatic carbocycles. The zero-order chi connectivity index (χ0) is 13.1. The second-order valence-corrected chi connectivity index (χ2v) is 4.90. The van der Waals surface area contributed by atoms with Crippen LogP contribution in [0.25, 0.3) is 11.2 Å². The molecule has 0 fully saturated rings. The van der Waals surface area contributed by atoms with E-state index in [0.29, 0.717) is 29.6 Å². The highest BCUT2D eigenvalue weighted by Gasteiger charge is 2.16. The molecule has 0 aliphatic carbocycles. The summed E-state index contributed by atoms with van der Waals surface area (Å²) in [5.41, 5.74) is 1.52. The van der Waals surface area contributed by atoms with Crippen LogP contribution in [0.15, 0.2) is 6.33 Å². The van der Waals surface area contributed by atoms with E-state index in [0.717, 1.165) is 18.0 Å². The molecule has 0 atom stereocenters. The maximum atomic E-state index is 5.83. The van der Waals surface area contributed by atoms with Crippen molar-refractivity contribution in [3.63, 3.8) is 0 Å². The van der Waals surface area contributed by atoms with Gasteiger partial charge in [0, 0.05) is 18.8 Å². The first-order valence-electron chi connectivity index (χ1n) is 5.97. The van der Waals surface area contributed by atoms with E-state index in [-0.39, 0.29) is 0 Å². The van der Waals surface area contributed by atoms with Crippen LogP contribution in [0.5, 0.6) is 5.88 Å². The Labute approximate surface area is 111 Å². The SMILES string of the molecule is COc1ncnc2c1nc(CCCl)n2CC(C)C. The Bertz CT molecular complexity index is 538. The molecule has 0 N–H and O–H groups in total. The summed E-state index contributed by atoms with van der Waals surface area (Å²) in [6, 6.07) is 0. The molecule has 0 radical (unpaired) electrons. The van der Waals surface area contributed by atoms with Crippen molar-refractivity contribution in [2.75, 3.05) is 13.0 Å². The molecule has 0 saturated heterocycles. The summed E-state index contributed by atoms with van der Waals surface area (Å²) in [6.07, 6.45) is 2.22. The fraction of sp³-hybridized carbons (Fsp3) is 0.583. The molecule has 2 aromatic rings. The molecule has 0 saturated carbocycles. The number of aryl methyl sites for hydroxylation is 1. The van der Waals surface area contributed by atoms with Crippen molar-refractivity contribution in [2.45, 2.75) is 26.8 Å². The van der Waals surface area contributed by atoms with E-state index >= 15 is 0 Å². The molecule has 0 unspecified atom stereocenters. The Balaban J connectivity index is 2.59. The Hall–Kier alpha value is -1.36. The molecule has 0 spiro atoms. The van der Waals surface area contributed by atoms with Gasteiger partial charge in [-0.25, -0.2) is 9.97 Å². The summed E-state index contributed by atoms with van der Waals surface area (Å²) in [5, 5.41) is 0. The number of halogens is 1. The van der Waals surface area contributed by atoms with Crippen molar-refractivity contribution in [3.8, 4) is 5.88 Å². The molecule has 0 bridgehead atoms. The first kappa shape index (κ1) is 13.1. The van der Waals surface area contributed by atoms with Crippen LogP contribution in [-0.4, -0.2) is 32.5 Å². The third-order valence-corrected chi connectivity index (χ3v) is 2.83. The van der Waals surface area contributed by atoms with Gasteiger partial charge in [-0.3, -0.25) is 0 Å². The molecule has 0 aliphatic rings. The lowest BCUT2D eigenvalue weighted by Gasteiger charge is -2.10. The van der Waals surface area contributed by atoms with Gasteiger partial charge in [0.25, 0.3) is 0 Å². The Kier molecular flexibility index (Phi) is 4.01. The number of fused-ring (bicyclic) bond motifs is 1. The van der Waals surface area contributed by atoms with Crippen molar-refractivity contribution in [2.24, 2.45) is 5.92 Å². The van der Waals surface area contributed by atoms with E-state index in [1.54, 1.807) is 7.11 Å². The van der Waals surface area contributed by atoms with Gasteiger partial charge in [0.15, 0.2) is 11.2 Å². The van der Waals surface area contributed by atoms with E-state index < -0.39 is 0 Å². The maximum Gasteiger partial charge on any atom is 0.245 e. The predicted molar refractivity (Wildman–Crippen MR) is 71.1 cm³/mol. The Morgan fingerprint density at radius 1 is 1.39 bits per heavy atom. The van der Waals surface area contributed by atoms with Gasteiger partial charge in [0.2, 0.25) is 5.88 Å². The minimum atomic E-state index is 0.512. The second kappa shape index (κ2) is 5.52. The number of ether oxygens (including phenoxy) is 1. The van der Waals surface area contributed by atoms with Gasteiger partial charge in [0.1, 0.15) is 12.2 Å². The summed E-state index contributed by atoms with van der Waals surface area (Å²) < 4.78 is 7.32. The molecular formula is C12H17ClN4O. The van der Waals surface area contributed by atoms with Gasteiger partial charge < -0.3 is 9.30 Å². The van der Waals surface area contributed by atoms with E-state index in [9.17, 15) is 0 Å². The van der Waals surface area contributed by atoms with Gasteiger partial charge in [-0.05, 0) is 5.92 Å². The van der Waals surface area contributed by atoms with Crippen LogP contribution < -0.4 is 4.74 Å². The largest absolute Gasteiger partial charge is 0.479 e. The van der Waals surface area contributed by atoms with E-state index in [2.05, 4.69) is 33.4 Å². The van der Waals surface area contributed by atoms with Crippen LogP contribution in [0.2, 0.25) is 0 Å². The molecule has 6 heteroatoms. The molecule has 2 rings (SSSR count). The summed E-state index contributed by atoms with van der Waals surface area (Å²) in [6.45, 7) is 5.19. The third kappa shape index (κ3) is 2.41. The minimum Gasteiger partial charge on any atom is -0.479 e. The standard InChI is InChI=1S/C12H17ClN4O/c1-8(2)6-17-9(4-5-13)16-10-11(17)14-7-15-12(10)18-3/h7-8H,4-6H2,1-3H3. The molecule has 5 nitrogen and oxygen atoms in total. The smallest absolute Gasteiger partial charge is 0.245 e. The molecule has 0 aliphatic heterocycles. The van der Waals surface area contributed by atoms with Gasteiger partial charge in [0.05, 0.1) is 7.11 Å². The van der Waals surface area contributed by atoms with Crippen molar-refractivity contribution in [1.29, 1.82) is 0 Å². The highest BCUT2D eigenvalue weighted by molar-refractivity contribution is 6.17. The molecule has 98 valence electrons. The van der Waals surface area contributed by atoms with Crippen molar-refractivity contribution < 1.29 is 4.74 Å². The second-order valence-electron chi connectivity index (χ2n) is 4.53.